The fourth-order valence-corrected chi connectivity index (χ4v) is 3.99. The summed E-state index contributed by atoms with van der Waals surface area (Å²) < 4.78 is 1.93. The maximum absolute atomic E-state index is 12.3. The van der Waals surface area contributed by atoms with Crippen molar-refractivity contribution in [3.05, 3.63) is 54.1 Å². The van der Waals surface area contributed by atoms with E-state index in [-0.39, 0.29) is 5.78 Å². The molecule has 1 heterocycles. The third-order valence-corrected chi connectivity index (χ3v) is 4.45. The first kappa shape index (κ1) is 13.0. The van der Waals surface area contributed by atoms with Crippen LogP contribution in [0.5, 0.6) is 0 Å². The van der Waals surface area contributed by atoms with Crippen LogP contribution in [0.2, 0.25) is 0 Å². The van der Waals surface area contributed by atoms with E-state index in [1.54, 1.807) is 11.3 Å². The quantitative estimate of drug-likeness (QED) is 0.667. The first-order valence-corrected chi connectivity index (χ1v) is 7.45. The van der Waals surface area contributed by atoms with Gasteiger partial charge in [0.15, 0.2) is 5.78 Å². The van der Waals surface area contributed by atoms with Crippen LogP contribution >= 0.6 is 43.2 Å². The fourth-order valence-electron chi connectivity index (χ4n) is 1.69. The number of aryl methyl sites for hydroxylation is 2. The lowest BCUT2D eigenvalue weighted by Gasteiger charge is -2.03. The Labute approximate surface area is 121 Å². The lowest BCUT2D eigenvalue weighted by Crippen LogP contribution is -2.01. The fraction of sp³-hybridized carbons (Fsp3) is 0.154. The number of carbonyl (C=O) groups excluding carboxylic acids is 1. The second-order valence-corrected chi connectivity index (χ2v) is 7.42. The average molecular weight is 374 g/mol. The van der Waals surface area contributed by atoms with E-state index in [2.05, 4.69) is 31.9 Å². The van der Waals surface area contributed by atoms with Gasteiger partial charge in [0.1, 0.15) is 0 Å². The first-order chi connectivity index (χ1) is 7.97. The number of ketones is 1. The van der Waals surface area contributed by atoms with Gasteiger partial charge in [0.05, 0.1) is 3.79 Å². The molecule has 0 N–H and O–H groups in total. The predicted octanol–water partition coefficient (Wildman–Crippen LogP) is 5.12. The molecule has 0 spiro atoms. The van der Waals surface area contributed by atoms with Crippen LogP contribution in [-0.2, 0) is 0 Å². The summed E-state index contributed by atoms with van der Waals surface area (Å²) in [5.74, 6) is 0.0776. The summed E-state index contributed by atoms with van der Waals surface area (Å²) in [5, 5.41) is 0. The molecule has 2 rings (SSSR count). The Kier molecular flexibility index (Phi) is 3.85. The Bertz CT molecular complexity index is 567. The Balaban J connectivity index is 2.47. The van der Waals surface area contributed by atoms with Crippen molar-refractivity contribution in [2.45, 2.75) is 13.8 Å². The monoisotopic (exact) mass is 372 g/mol. The summed E-state index contributed by atoms with van der Waals surface area (Å²) >= 11 is 8.41. The third kappa shape index (κ3) is 2.87. The molecule has 1 aromatic carbocycles. The number of halogens is 2. The average Bonchev–Trinajstić information content (AvgIpc) is 2.55. The lowest BCUT2D eigenvalue weighted by molar-refractivity contribution is 0.103. The minimum absolute atomic E-state index is 0.0776. The van der Waals surface area contributed by atoms with E-state index >= 15 is 0 Å². The molecule has 1 nitrogen and oxygen atoms in total. The largest absolute Gasteiger partial charge is 0.289 e. The predicted molar refractivity (Wildman–Crippen MR) is 79.1 cm³/mol. The molecule has 0 amide bonds. The van der Waals surface area contributed by atoms with Crippen molar-refractivity contribution >= 4 is 49.0 Å². The molecule has 0 aliphatic rings. The molecule has 17 heavy (non-hydrogen) atoms. The molecular formula is C13H10Br2OS. The molecule has 0 saturated carbocycles. The van der Waals surface area contributed by atoms with Gasteiger partial charge in [-0.2, -0.15) is 0 Å². The summed E-state index contributed by atoms with van der Waals surface area (Å²) in [6.07, 6.45) is 0. The maximum Gasteiger partial charge on any atom is 0.194 e. The highest BCUT2D eigenvalue weighted by Crippen LogP contribution is 2.28. The molecule has 0 saturated heterocycles. The number of hydrogen-bond acceptors (Lipinski definition) is 2. The zero-order chi connectivity index (χ0) is 12.6. The molecule has 1 aromatic heterocycles. The topological polar surface area (TPSA) is 17.1 Å². The SMILES string of the molecule is Cc1cc(Br)cc(C(=O)c2cc(Br)sc2C)c1. The van der Waals surface area contributed by atoms with Crippen LogP contribution in [0.1, 0.15) is 26.4 Å². The second-order valence-electron chi connectivity index (χ2n) is 3.87. The molecule has 0 aliphatic carbocycles. The van der Waals surface area contributed by atoms with Crippen LogP contribution in [0, 0.1) is 13.8 Å². The first-order valence-electron chi connectivity index (χ1n) is 5.05. The minimum atomic E-state index is 0.0776. The van der Waals surface area contributed by atoms with Gasteiger partial charge in [0.2, 0.25) is 0 Å². The van der Waals surface area contributed by atoms with Crippen LogP contribution in [0.25, 0.3) is 0 Å². The molecular weight excluding hydrogens is 364 g/mol. The van der Waals surface area contributed by atoms with E-state index in [1.807, 2.05) is 38.1 Å². The Morgan fingerprint density at radius 3 is 2.35 bits per heavy atom. The summed E-state index contributed by atoms with van der Waals surface area (Å²) in [7, 11) is 0. The normalized spacial score (nSPS) is 10.6. The standard InChI is InChI=1S/C13H10Br2OS/c1-7-3-9(5-10(14)4-7)13(16)11-6-12(15)17-8(11)2/h3-6H,1-2H3. The van der Waals surface area contributed by atoms with Crippen LogP contribution in [0.3, 0.4) is 0 Å². The lowest BCUT2D eigenvalue weighted by atomic mass is 10.0. The van der Waals surface area contributed by atoms with Gasteiger partial charge in [-0.15, -0.1) is 11.3 Å². The second kappa shape index (κ2) is 5.04. The van der Waals surface area contributed by atoms with Crippen molar-refractivity contribution < 1.29 is 4.79 Å². The van der Waals surface area contributed by atoms with Crippen molar-refractivity contribution in [3.8, 4) is 0 Å². The van der Waals surface area contributed by atoms with E-state index < -0.39 is 0 Å². The number of carbonyl (C=O) groups is 1. The van der Waals surface area contributed by atoms with E-state index in [0.29, 0.717) is 0 Å². The maximum atomic E-state index is 12.3. The molecule has 0 atom stereocenters. The van der Waals surface area contributed by atoms with Gasteiger partial charge in [0.25, 0.3) is 0 Å². The summed E-state index contributed by atoms with van der Waals surface area (Å²) in [6, 6.07) is 7.66. The molecule has 4 heteroatoms. The van der Waals surface area contributed by atoms with Crippen LogP contribution in [0.15, 0.2) is 32.5 Å². The van der Waals surface area contributed by atoms with Gasteiger partial charge in [-0.1, -0.05) is 15.9 Å². The van der Waals surface area contributed by atoms with Gasteiger partial charge in [-0.3, -0.25) is 4.79 Å². The number of rotatable bonds is 2. The number of thiophene rings is 1. The number of hydrogen-bond donors (Lipinski definition) is 0. The Morgan fingerprint density at radius 1 is 1.12 bits per heavy atom. The molecule has 88 valence electrons. The highest BCUT2D eigenvalue weighted by Gasteiger charge is 2.15. The van der Waals surface area contributed by atoms with Crippen LogP contribution in [-0.4, -0.2) is 5.78 Å². The molecule has 0 fully saturated rings. The van der Waals surface area contributed by atoms with Crippen molar-refractivity contribution in [3.63, 3.8) is 0 Å². The van der Waals surface area contributed by atoms with Gasteiger partial charge in [-0.25, -0.2) is 0 Å². The summed E-state index contributed by atoms with van der Waals surface area (Å²) in [5.41, 5.74) is 2.58. The minimum Gasteiger partial charge on any atom is -0.289 e. The van der Waals surface area contributed by atoms with E-state index in [0.717, 1.165) is 29.8 Å². The van der Waals surface area contributed by atoms with Crippen LogP contribution in [0.4, 0.5) is 0 Å². The van der Waals surface area contributed by atoms with E-state index in [9.17, 15) is 4.79 Å². The van der Waals surface area contributed by atoms with Crippen molar-refractivity contribution in [2.24, 2.45) is 0 Å². The smallest absolute Gasteiger partial charge is 0.194 e. The third-order valence-electron chi connectivity index (χ3n) is 2.44. The van der Waals surface area contributed by atoms with Gasteiger partial charge < -0.3 is 0 Å². The van der Waals surface area contributed by atoms with Gasteiger partial charge >= 0.3 is 0 Å². The summed E-state index contributed by atoms with van der Waals surface area (Å²) in [6.45, 7) is 3.95. The van der Waals surface area contributed by atoms with Crippen molar-refractivity contribution in [1.82, 2.24) is 0 Å². The zero-order valence-corrected chi connectivity index (χ0v) is 13.4. The molecule has 0 unspecified atom stereocenters. The summed E-state index contributed by atoms with van der Waals surface area (Å²) in [4.78, 5) is 13.4. The molecule has 0 radical (unpaired) electrons. The van der Waals surface area contributed by atoms with E-state index in [1.165, 1.54) is 0 Å². The molecule has 0 bridgehead atoms. The van der Waals surface area contributed by atoms with Crippen molar-refractivity contribution in [2.75, 3.05) is 0 Å². The zero-order valence-electron chi connectivity index (χ0n) is 9.38. The highest BCUT2D eigenvalue weighted by molar-refractivity contribution is 9.11. The number of benzene rings is 1. The molecule has 0 aliphatic heterocycles. The highest BCUT2D eigenvalue weighted by atomic mass is 79.9. The van der Waals surface area contributed by atoms with Crippen molar-refractivity contribution in [1.29, 1.82) is 0 Å². The Morgan fingerprint density at radius 2 is 1.82 bits per heavy atom. The molecule has 2 aromatic rings. The van der Waals surface area contributed by atoms with Crippen LogP contribution < -0.4 is 0 Å². The van der Waals surface area contributed by atoms with E-state index in [4.69, 9.17) is 0 Å². The van der Waals surface area contributed by atoms with Gasteiger partial charge in [-0.05, 0) is 59.6 Å². The Hall–Kier alpha value is -0.450. The van der Waals surface area contributed by atoms with Gasteiger partial charge in [0, 0.05) is 20.5 Å².